The molecule has 0 bridgehead atoms. The second-order valence-electron chi connectivity index (χ2n) is 3.99. The molecule has 0 aromatic heterocycles. The fraction of sp³-hybridized carbons (Fsp3) is 0.909. The molecule has 82 valence electrons. The molecule has 0 heterocycles. The van der Waals surface area contributed by atoms with Crippen LogP contribution in [0.2, 0.25) is 0 Å². The lowest BCUT2D eigenvalue weighted by Gasteiger charge is -2.24. The monoisotopic (exact) mass is 199 g/mol. The van der Waals surface area contributed by atoms with Crippen molar-refractivity contribution in [1.82, 2.24) is 4.90 Å². The van der Waals surface area contributed by atoms with Gasteiger partial charge < -0.3 is 9.64 Å². The van der Waals surface area contributed by atoms with E-state index in [0.717, 1.165) is 19.4 Å². The number of methoxy groups -OCH3 is 1. The van der Waals surface area contributed by atoms with Gasteiger partial charge in [0.15, 0.2) is 0 Å². The van der Waals surface area contributed by atoms with Crippen LogP contribution in [0.1, 0.15) is 39.5 Å². The van der Waals surface area contributed by atoms with Crippen molar-refractivity contribution >= 4 is 5.91 Å². The number of amides is 1. The largest absolute Gasteiger partial charge is 0.372 e. The van der Waals surface area contributed by atoms with Crippen molar-refractivity contribution in [3.05, 3.63) is 0 Å². The Morgan fingerprint density at radius 3 is 2.64 bits per heavy atom. The highest BCUT2D eigenvalue weighted by Crippen LogP contribution is 2.27. The van der Waals surface area contributed by atoms with E-state index in [0.29, 0.717) is 6.04 Å². The zero-order chi connectivity index (χ0) is 10.6. The van der Waals surface area contributed by atoms with E-state index in [1.165, 1.54) is 12.8 Å². The molecule has 1 aliphatic rings. The van der Waals surface area contributed by atoms with Crippen LogP contribution in [-0.2, 0) is 9.53 Å². The minimum atomic E-state index is -0.285. The van der Waals surface area contributed by atoms with Crippen LogP contribution in [0.25, 0.3) is 0 Å². The first kappa shape index (κ1) is 11.5. The Balaban J connectivity index is 2.44. The number of nitrogens with zero attached hydrogens (tertiary/aromatic N) is 1. The summed E-state index contributed by atoms with van der Waals surface area (Å²) in [5, 5.41) is 0. The third-order valence-corrected chi connectivity index (χ3v) is 2.72. The number of hydrogen-bond acceptors (Lipinski definition) is 2. The quantitative estimate of drug-likeness (QED) is 0.653. The SMILES string of the molecule is CCCCN(C(=O)C(C)OC)C1CC1. The molecule has 1 unspecified atom stereocenters. The van der Waals surface area contributed by atoms with E-state index in [2.05, 4.69) is 6.92 Å². The summed E-state index contributed by atoms with van der Waals surface area (Å²) in [6.07, 6.45) is 4.29. The molecule has 1 rings (SSSR count). The summed E-state index contributed by atoms with van der Waals surface area (Å²) in [6, 6.07) is 0.506. The highest BCUT2D eigenvalue weighted by Gasteiger charge is 2.33. The van der Waals surface area contributed by atoms with Crippen molar-refractivity contribution in [2.75, 3.05) is 13.7 Å². The number of carbonyl (C=O) groups excluding carboxylic acids is 1. The summed E-state index contributed by atoms with van der Waals surface area (Å²) < 4.78 is 5.06. The van der Waals surface area contributed by atoms with Gasteiger partial charge in [-0.1, -0.05) is 13.3 Å². The van der Waals surface area contributed by atoms with Crippen LogP contribution in [0.3, 0.4) is 0 Å². The minimum absolute atomic E-state index is 0.156. The summed E-state index contributed by atoms with van der Waals surface area (Å²) >= 11 is 0. The zero-order valence-electron chi connectivity index (χ0n) is 9.45. The summed E-state index contributed by atoms with van der Waals surface area (Å²) in [5.41, 5.74) is 0. The average molecular weight is 199 g/mol. The van der Waals surface area contributed by atoms with Gasteiger partial charge in [-0.05, 0) is 26.2 Å². The molecule has 3 heteroatoms. The maximum Gasteiger partial charge on any atom is 0.251 e. The molecule has 0 aromatic rings. The third kappa shape index (κ3) is 2.98. The lowest BCUT2D eigenvalue weighted by atomic mass is 10.2. The number of hydrogen-bond donors (Lipinski definition) is 0. The predicted octanol–water partition coefficient (Wildman–Crippen LogP) is 1.81. The maximum absolute atomic E-state index is 11.9. The normalized spacial score (nSPS) is 17.9. The Hall–Kier alpha value is -0.570. The molecule has 0 radical (unpaired) electrons. The van der Waals surface area contributed by atoms with E-state index in [1.807, 2.05) is 11.8 Å². The molecule has 14 heavy (non-hydrogen) atoms. The fourth-order valence-electron chi connectivity index (χ4n) is 1.52. The number of carbonyl (C=O) groups is 1. The topological polar surface area (TPSA) is 29.5 Å². The summed E-state index contributed by atoms with van der Waals surface area (Å²) in [6.45, 7) is 4.87. The molecule has 1 saturated carbocycles. The van der Waals surface area contributed by atoms with Crippen LogP contribution < -0.4 is 0 Å². The van der Waals surface area contributed by atoms with Crippen LogP contribution in [0.5, 0.6) is 0 Å². The molecular weight excluding hydrogens is 178 g/mol. The molecule has 1 atom stereocenters. The van der Waals surface area contributed by atoms with Crippen LogP contribution in [0, 0.1) is 0 Å². The van der Waals surface area contributed by atoms with Crippen LogP contribution in [0.4, 0.5) is 0 Å². The molecule has 0 saturated heterocycles. The molecule has 1 amide bonds. The lowest BCUT2D eigenvalue weighted by molar-refractivity contribution is -0.141. The van der Waals surface area contributed by atoms with Crippen molar-refractivity contribution in [3.8, 4) is 0 Å². The van der Waals surface area contributed by atoms with Gasteiger partial charge in [0, 0.05) is 19.7 Å². The van der Waals surface area contributed by atoms with Crippen molar-refractivity contribution in [1.29, 1.82) is 0 Å². The number of unbranched alkanes of at least 4 members (excludes halogenated alkanes) is 1. The Morgan fingerprint density at radius 1 is 1.57 bits per heavy atom. The van der Waals surface area contributed by atoms with Gasteiger partial charge in [-0.2, -0.15) is 0 Å². The van der Waals surface area contributed by atoms with Crippen molar-refractivity contribution in [2.24, 2.45) is 0 Å². The lowest BCUT2D eigenvalue weighted by Crippen LogP contribution is -2.40. The number of rotatable bonds is 6. The van der Waals surface area contributed by atoms with Crippen molar-refractivity contribution in [3.63, 3.8) is 0 Å². The van der Waals surface area contributed by atoms with Gasteiger partial charge in [0.25, 0.3) is 5.91 Å². The predicted molar refractivity (Wildman–Crippen MR) is 56.1 cm³/mol. The first-order chi connectivity index (χ1) is 6.70. The van der Waals surface area contributed by atoms with E-state index in [4.69, 9.17) is 4.74 Å². The van der Waals surface area contributed by atoms with E-state index < -0.39 is 0 Å². The number of ether oxygens (including phenoxy) is 1. The second kappa shape index (κ2) is 5.35. The maximum atomic E-state index is 11.9. The first-order valence-corrected chi connectivity index (χ1v) is 5.54. The van der Waals surface area contributed by atoms with Gasteiger partial charge in [0.05, 0.1) is 0 Å². The third-order valence-electron chi connectivity index (χ3n) is 2.72. The second-order valence-corrected chi connectivity index (χ2v) is 3.99. The zero-order valence-corrected chi connectivity index (χ0v) is 9.45. The highest BCUT2D eigenvalue weighted by atomic mass is 16.5. The van der Waals surface area contributed by atoms with E-state index >= 15 is 0 Å². The Morgan fingerprint density at radius 2 is 2.21 bits per heavy atom. The van der Waals surface area contributed by atoms with Gasteiger partial charge in [-0.25, -0.2) is 0 Å². The van der Waals surface area contributed by atoms with E-state index in [1.54, 1.807) is 7.11 Å². The van der Waals surface area contributed by atoms with Crippen LogP contribution in [-0.4, -0.2) is 36.6 Å². The fourth-order valence-corrected chi connectivity index (χ4v) is 1.52. The Kier molecular flexibility index (Phi) is 4.39. The van der Waals surface area contributed by atoms with Gasteiger partial charge in [-0.15, -0.1) is 0 Å². The van der Waals surface area contributed by atoms with Gasteiger partial charge >= 0.3 is 0 Å². The van der Waals surface area contributed by atoms with Crippen molar-refractivity contribution < 1.29 is 9.53 Å². The van der Waals surface area contributed by atoms with E-state index in [-0.39, 0.29) is 12.0 Å². The van der Waals surface area contributed by atoms with Crippen LogP contribution in [0.15, 0.2) is 0 Å². The molecular formula is C11H21NO2. The summed E-state index contributed by atoms with van der Waals surface area (Å²) in [5.74, 6) is 0.156. The van der Waals surface area contributed by atoms with Gasteiger partial charge in [0.2, 0.25) is 0 Å². The van der Waals surface area contributed by atoms with E-state index in [9.17, 15) is 4.79 Å². The van der Waals surface area contributed by atoms with Gasteiger partial charge in [0.1, 0.15) is 6.10 Å². The molecule has 0 aliphatic heterocycles. The highest BCUT2D eigenvalue weighted by molar-refractivity contribution is 5.81. The standard InChI is InChI=1S/C11H21NO2/c1-4-5-8-12(10-6-7-10)11(13)9(2)14-3/h9-10H,4-8H2,1-3H3. The minimum Gasteiger partial charge on any atom is -0.372 e. The van der Waals surface area contributed by atoms with Crippen molar-refractivity contribution in [2.45, 2.75) is 51.7 Å². The van der Waals surface area contributed by atoms with Crippen LogP contribution >= 0.6 is 0 Å². The Labute approximate surface area is 86.4 Å². The average Bonchev–Trinajstić information content (AvgIpc) is 3.01. The summed E-state index contributed by atoms with van der Waals surface area (Å²) in [7, 11) is 1.59. The molecule has 0 aromatic carbocycles. The molecule has 1 aliphatic carbocycles. The molecule has 1 fully saturated rings. The molecule has 3 nitrogen and oxygen atoms in total. The summed E-state index contributed by atoms with van der Waals surface area (Å²) in [4.78, 5) is 13.9. The molecule has 0 N–H and O–H groups in total. The molecule has 0 spiro atoms. The smallest absolute Gasteiger partial charge is 0.251 e. The first-order valence-electron chi connectivity index (χ1n) is 5.54. The van der Waals surface area contributed by atoms with Gasteiger partial charge in [-0.3, -0.25) is 4.79 Å². The Bertz CT molecular complexity index is 190.